The summed E-state index contributed by atoms with van der Waals surface area (Å²) in [6, 6.07) is 3.18. The van der Waals surface area contributed by atoms with Crippen molar-refractivity contribution in [2.24, 2.45) is 0 Å². The number of carbonyl (C=O) groups excluding carboxylic acids is 1. The number of hydrogen-bond donors (Lipinski definition) is 3. The normalized spacial score (nSPS) is 17.5. The third-order valence-electron chi connectivity index (χ3n) is 3.66. The van der Waals surface area contributed by atoms with E-state index in [0.29, 0.717) is 26.2 Å². The van der Waals surface area contributed by atoms with Crippen LogP contribution in [0.5, 0.6) is 11.5 Å². The van der Waals surface area contributed by atoms with E-state index in [2.05, 4.69) is 0 Å². The molecular formula is C14H18N2O5. The first-order chi connectivity index (χ1) is 9.88. The summed E-state index contributed by atoms with van der Waals surface area (Å²) in [5.74, 6) is -1.51. The summed E-state index contributed by atoms with van der Waals surface area (Å²) in [5.41, 5.74) is 0.215. The van der Waals surface area contributed by atoms with E-state index in [1.165, 1.54) is 12.1 Å². The van der Waals surface area contributed by atoms with Crippen LogP contribution in [-0.4, -0.2) is 69.2 Å². The number of phenolic OH excluding ortho intramolecular Hbond substituents is 2. The zero-order chi connectivity index (χ0) is 15.6. The maximum Gasteiger partial charge on any atom is 0.320 e. The van der Waals surface area contributed by atoms with Crippen molar-refractivity contribution in [3.63, 3.8) is 0 Å². The van der Waals surface area contributed by atoms with E-state index in [4.69, 9.17) is 5.11 Å². The molecule has 1 saturated heterocycles. The second kappa shape index (κ2) is 6.01. The number of carboxylic acid groups (broad SMARTS) is 1. The minimum Gasteiger partial charge on any atom is -0.508 e. The lowest BCUT2D eigenvalue weighted by molar-refractivity contribution is -0.143. The Bertz CT molecular complexity index is 532. The highest BCUT2D eigenvalue weighted by molar-refractivity contribution is 5.95. The molecule has 0 aromatic heterocycles. The Morgan fingerprint density at radius 1 is 1.05 bits per heavy atom. The highest BCUT2D eigenvalue weighted by Crippen LogP contribution is 2.22. The fourth-order valence-electron chi connectivity index (χ4n) is 2.37. The molecule has 1 atom stereocenters. The highest BCUT2D eigenvalue weighted by atomic mass is 16.4. The van der Waals surface area contributed by atoms with Crippen molar-refractivity contribution >= 4 is 11.9 Å². The van der Waals surface area contributed by atoms with E-state index < -0.39 is 12.0 Å². The number of piperazine rings is 1. The number of carbonyl (C=O) groups is 2. The molecule has 0 bridgehead atoms. The molecular weight excluding hydrogens is 276 g/mol. The van der Waals surface area contributed by atoms with Gasteiger partial charge in [-0.2, -0.15) is 0 Å². The molecule has 1 aliphatic rings. The van der Waals surface area contributed by atoms with Gasteiger partial charge in [0.25, 0.3) is 5.91 Å². The summed E-state index contributed by atoms with van der Waals surface area (Å²) in [6.07, 6.45) is 0. The molecule has 1 heterocycles. The molecule has 1 amide bonds. The van der Waals surface area contributed by atoms with Gasteiger partial charge >= 0.3 is 5.97 Å². The van der Waals surface area contributed by atoms with Gasteiger partial charge in [0.1, 0.15) is 17.5 Å². The summed E-state index contributed by atoms with van der Waals surface area (Å²) >= 11 is 0. The lowest BCUT2D eigenvalue weighted by Crippen LogP contribution is -2.53. The Labute approximate surface area is 122 Å². The van der Waals surface area contributed by atoms with Gasteiger partial charge in [0.05, 0.1) is 0 Å². The van der Waals surface area contributed by atoms with Gasteiger partial charge in [-0.3, -0.25) is 14.5 Å². The molecule has 1 aromatic carbocycles. The largest absolute Gasteiger partial charge is 0.508 e. The van der Waals surface area contributed by atoms with Gasteiger partial charge in [-0.15, -0.1) is 0 Å². The number of nitrogens with zero attached hydrogens (tertiary/aromatic N) is 2. The Morgan fingerprint density at radius 2 is 1.57 bits per heavy atom. The van der Waals surface area contributed by atoms with Gasteiger partial charge in [0.2, 0.25) is 0 Å². The van der Waals surface area contributed by atoms with Crippen molar-refractivity contribution < 1.29 is 24.9 Å². The third kappa shape index (κ3) is 3.43. The molecule has 2 rings (SSSR count). The quantitative estimate of drug-likeness (QED) is 0.742. The van der Waals surface area contributed by atoms with E-state index in [0.717, 1.165) is 6.07 Å². The van der Waals surface area contributed by atoms with Crippen molar-refractivity contribution in [3.8, 4) is 11.5 Å². The maximum atomic E-state index is 12.3. The molecule has 114 valence electrons. The number of hydrogen-bond acceptors (Lipinski definition) is 5. The van der Waals surface area contributed by atoms with Crippen molar-refractivity contribution in [3.05, 3.63) is 23.8 Å². The number of phenols is 2. The summed E-state index contributed by atoms with van der Waals surface area (Å²) in [4.78, 5) is 26.6. The first kappa shape index (κ1) is 15.1. The molecule has 1 aliphatic heterocycles. The zero-order valence-corrected chi connectivity index (χ0v) is 11.7. The van der Waals surface area contributed by atoms with Crippen molar-refractivity contribution in [2.75, 3.05) is 26.2 Å². The molecule has 1 fully saturated rings. The minimum absolute atomic E-state index is 0.170. The Balaban J connectivity index is 2.01. The number of aromatic hydroxyl groups is 2. The molecule has 1 aromatic rings. The van der Waals surface area contributed by atoms with Gasteiger partial charge in [-0.1, -0.05) is 0 Å². The van der Waals surface area contributed by atoms with Gasteiger partial charge in [-0.25, -0.2) is 0 Å². The number of amides is 1. The number of carboxylic acids is 1. The average Bonchev–Trinajstić information content (AvgIpc) is 2.44. The summed E-state index contributed by atoms with van der Waals surface area (Å²) in [6.45, 7) is 3.39. The summed E-state index contributed by atoms with van der Waals surface area (Å²) in [5, 5.41) is 27.8. The van der Waals surface area contributed by atoms with Crippen LogP contribution in [-0.2, 0) is 4.79 Å². The average molecular weight is 294 g/mol. The zero-order valence-electron chi connectivity index (χ0n) is 11.7. The smallest absolute Gasteiger partial charge is 0.320 e. The van der Waals surface area contributed by atoms with Crippen molar-refractivity contribution in [1.29, 1.82) is 0 Å². The second-order valence-corrected chi connectivity index (χ2v) is 5.08. The van der Waals surface area contributed by atoms with E-state index >= 15 is 0 Å². The van der Waals surface area contributed by atoms with Crippen molar-refractivity contribution in [1.82, 2.24) is 9.80 Å². The summed E-state index contributed by atoms with van der Waals surface area (Å²) in [7, 11) is 0. The van der Waals surface area contributed by atoms with E-state index in [9.17, 15) is 19.8 Å². The topological polar surface area (TPSA) is 101 Å². The van der Waals surface area contributed by atoms with Gasteiger partial charge in [-0.05, 0) is 19.1 Å². The molecule has 0 radical (unpaired) electrons. The molecule has 0 aliphatic carbocycles. The highest BCUT2D eigenvalue weighted by Gasteiger charge is 2.27. The first-order valence-electron chi connectivity index (χ1n) is 6.67. The van der Waals surface area contributed by atoms with Crippen LogP contribution in [0.25, 0.3) is 0 Å². The molecule has 7 nitrogen and oxygen atoms in total. The van der Waals surface area contributed by atoms with Gasteiger partial charge < -0.3 is 20.2 Å². The fourth-order valence-corrected chi connectivity index (χ4v) is 2.37. The van der Waals surface area contributed by atoms with Crippen LogP contribution in [0, 0.1) is 0 Å². The molecule has 0 spiro atoms. The first-order valence-corrected chi connectivity index (χ1v) is 6.67. The minimum atomic E-state index is -0.882. The van der Waals surface area contributed by atoms with Crippen LogP contribution in [0.15, 0.2) is 18.2 Å². The molecule has 7 heteroatoms. The SMILES string of the molecule is CC(C(=O)O)N1CCN(C(=O)c2cc(O)cc(O)c2)CC1. The van der Waals surface area contributed by atoms with Crippen LogP contribution in [0.2, 0.25) is 0 Å². The molecule has 0 saturated carbocycles. The lowest BCUT2D eigenvalue weighted by atomic mass is 10.1. The monoisotopic (exact) mass is 294 g/mol. The second-order valence-electron chi connectivity index (χ2n) is 5.08. The summed E-state index contributed by atoms with van der Waals surface area (Å²) < 4.78 is 0. The fraction of sp³-hybridized carbons (Fsp3) is 0.429. The van der Waals surface area contributed by atoms with E-state index in [-0.39, 0.29) is 23.0 Å². The van der Waals surface area contributed by atoms with Crippen LogP contribution in [0.4, 0.5) is 0 Å². The van der Waals surface area contributed by atoms with Crippen LogP contribution >= 0.6 is 0 Å². The van der Waals surface area contributed by atoms with Crippen LogP contribution in [0.3, 0.4) is 0 Å². The predicted molar refractivity (Wildman–Crippen MR) is 74.3 cm³/mol. The van der Waals surface area contributed by atoms with Crippen LogP contribution < -0.4 is 0 Å². The lowest BCUT2D eigenvalue weighted by Gasteiger charge is -2.36. The molecule has 3 N–H and O–H groups in total. The Hall–Kier alpha value is -2.28. The van der Waals surface area contributed by atoms with Gasteiger partial charge in [0, 0.05) is 37.8 Å². The Morgan fingerprint density at radius 3 is 2.05 bits per heavy atom. The predicted octanol–water partition coefficient (Wildman–Crippen LogP) is 0.329. The molecule has 1 unspecified atom stereocenters. The van der Waals surface area contributed by atoms with E-state index in [1.807, 2.05) is 0 Å². The number of rotatable bonds is 3. The van der Waals surface area contributed by atoms with Crippen molar-refractivity contribution in [2.45, 2.75) is 13.0 Å². The third-order valence-corrected chi connectivity index (χ3v) is 3.66. The van der Waals surface area contributed by atoms with E-state index in [1.54, 1.807) is 16.7 Å². The number of aliphatic carboxylic acids is 1. The van der Waals surface area contributed by atoms with Crippen LogP contribution in [0.1, 0.15) is 17.3 Å². The maximum absolute atomic E-state index is 12.3. The standard InChI is InChI=1S/C14H18N2O5/c1-9(14(20)21)15-2-4-16(5-3-15)13(19)10-6-11(17)8-12(18)7-10/h6-9,17-18H,2-5H2,1H3,(H,20,21). The Kier molecular flexibility index (Phi) is 4.32. The molecule has 21 heavy (non-hydrogen) atoms. The van der Waals surface area contributed by atoms with Gasteiger partial charge in [0.15, 0.2) is 0 Å². The number of benzene rings is 1.